The van der Waals surface area contributed by atoms with Crippen LogP contribution in [-0.4, -0.2) is 28.8 Å². The molecule has 19 heavy (non-hydrogen) atoms. The molecule has 0 bridgehead atoms. The zero-order chi connectivity index (χ0) is 14.1. The Bertz CT molecular complexity index is 549. The third-order valence-corrected chi connectivity index (χ3v) is 3.02. The summed E-state index contributed by atoms with van der Waals surface area (Å²) in [4.78, 5) is 3.93. The van der Waals surface area contributed by atoms with E-state index in [0.717, 1.165) is 10.2 Å². The van der Waals surface area contributed by atoms with Crippen LogP contribution in [0.1, 0.15) is 18.2 Å². The first-order chi connectivity index (χ1) is 8.79. The van der Waals surface area contributed by atoms with Crippen molar-refractivity contribution in [2.24, 2.45) is 0 Å². The van der Waals surface area contributed by atoms with Gasteiger partial charge in [-0.05, 0) is 23.8 Å². The summed E-state index contributed by atoms with van der Waals surface area (Å²) in [5.74, 6) is 0. The van der Waals surface area contributed by atoms with Gasteiger partial charge in [0.15, 0.2) is 0 Å². The fourth-order valence-electron chi connectivity index (χ4n) is 1.88. The molecule has 2 rings (SSSR count). The molecule has 0 aliphatic heterocycles. The number of halogens is 3. The van der Waals surface area contributed by atoms with Crippen molar-refractivity contribution in [3.05, 3.63) is 48.0 Å². The molecule has 0 N–H and O–H groups in total. The van der Waals surface area contributed by atoms with Crippen LogP contribution in [0.2, 0.25) is 0 Å². The summed E-state index contributed by atoms with van der Waals surface area (Å²) >= 11 is 0. The predicted octanol–water partition coefficient (Wildman–Crippen LogP) is 1.74. The second kappa shape index (κ2) is 4.72. The zero-order valence-corrected chi connectivity index (χ0v) is 10.6. The molecule has 0 amide bonds. The van der Waals surface area contributed by atoms with Crippen molar-refractivity contribution in [2.75, 3.05) is 0 Å². The maximum atomic E-state index is 12.3. The van der Waals surface area contributed by atoms with E-state index in [4.69, 9.17) is 0 Å². The summed E-state index contributed by atoms with van der Waals surface area (Å²) in [6, 6.07) is 5.29. The van der Waals surface area contributed by atoms with Crippen LogP contribution >= 0.6 is 0 Å². The molecule has 0 aromatic carbocycles. The lowest BCUT2D eigenvalue weighted by molar-refractivity contribution is -0.142. The molecule has 0 saturated carbocycles. The fraction of sp³-hybridized carbons (Fsp3) is 0.333. The molecule has 0 saturated heterocycles. The first-order valence-electron chi connectivity index (χ1n) is 5.80. The van der Waals surface area contributed by atoms with E-state index < -0.39 is 18.0 Å². The Balaban J connectivity index is 2.27. The van der Waals surface area contributed by atoms with Crippen LogP contribution in [0.3, 0.4) is 0 Å². The number of nitrogens with zero attached hydrogens (tertiary/aromatic N) is 3. The van der Waals surface area contributed by atoms with Crippen molar-refractivity contribution >= 4 is 7.85 Å². The Morgan fingerprint density at radius 1 is 1.21 bits per heavy atom. The summed E-state index contributed by atoms with van der Waals surface area (Å²) in [6.45, 7) is 0.849. The largest absolute Gasteiger partial charge is 0.408 e. The standard InChI is InChI=1S/C12H13BF3N3/c1-11(13,9-2-5-17-6-3-9)10-4-7-19(18-10)8-12(14,15)16/h2-7H,8,13H2,1H3. The summed E-state index contributed by atoms with van der Waals surface area (Å²) in [5, 5.41) is 3.56. The Morgan fingerprint density at radius 3 is 2.42 bits per heavy atom. The van der Waals surface area contributed by atoms with Gasteiger partial charge in [0, 0.05) is 23.9 Å². The second-order valence-corrected chi connectivity index (χ2v) is 4.87. The predicted molar refractivity (Wildman–Crippen MR) is 67.5 cm³/mol. The lowest BCUT2D eigenvalue weighted by Crippen LogP contribution is -2.25. The van der Waals surface area contributed by atoms with Gasteiger partial charge in [0.05, 0.1) is 5.69 Å². The van der Waals surface area contributed by atoms with Gasteiger partial charge in [0.2, 0.25) is 0 Å². The minimum atomic E-state index is -4.26. The van der Waals surface area contributed by atoms with Gasteiger partial charge in [-0.3, -0.25) is 9.67 Å². The minimum absolute atomic E-state index is 0.459. The maximum absolute atomic E-state index is 12.3. The monoisotopic (exact) mass is 267 g/mol. The van der Waals surface area contributed by atoms with E-state index in [1.165, 1.54) is 6.20 Å². The van der Waals surface area contributed by atoms with E-state index in [9.17, 15) is 13.2 Å². The molecule has 2 aromatic heterocycles. The molecular formula is C12H13BF3N3. The molecule has 0 spiro atoms. The highest BCUT2D eigenvalue weighted by Crippen LogP contribution is 2.27. The Morgan fingerprint density at radius 2 is 1.84 bits per heavy atom. The summed E-state index contributed by atoms with van der Waals surface area (Å²) in [7, 11) is 1.92. The average Bonchev–Trinajstić information content (AvgIpc) is 2.77. The SMILES string of the molecule is BC(C)(c1ccncc1)c1ccn(CC(F)(F)F)n1. The van der Waals surface area contributed by atoms with E-state index in [1.54, 1.807) is 18.5 Å². The Kier molecular flexibility index (Phi) is 3.39. The van der Waals surface area contributed by atoms with Gasteiger partial charge in [-0.2, -0.15) is 18.3 Å². The number of hydrogen-bond acceptors (Lipinski definition) is 2. The summed E-state index contributed by atoms with van der Waals surface area (Å²) in [5.41, 5.74) is 1.56. The van der Waals surface area contributed by atoms with Crippen LogP contribution in [0.5, 0.6) is 0 Å². The van der Waals surface area contributed by atoms with Crippen molar-refractivity contribution in [2.45, 2.75) is 25.0 Å². The van der Waals surface area contributed by atoms with E-state index in [2.05, 4.69) is 10.1 Å². The average molecular weight is 267 g/mol. The third kappa shape index (κ3) is 3.16. The number of pyridine rings is 1. The zero-order valence-electron chi connectivity index (χ0n) is 10.6. The number of hydrogen-bond donors (Lipinski definition) is 0. The van der Waals surface area contributed by atoms with Crippen LogP contribution in [0.4, 0.5) is 13.2 Å². The van der Waals surface area contributed by atoms with E-state index >= 15 is 0 Å². The summed E-state index contributed by atoms with van der Waals surface area (Å²) in [6.07, 6.45) is 0.406. The molecule has 100 valence electrons. The first-order valence-corrected chi connectivity index (χ1v) is 5.80. The fourth-order valence-corrected chi connectivity index (χ4v) is 1.88. The molecule has 0 radical (unpaired) electrons. The van der Waals surface area contributed by atoms with Crippen LogP contribution in [-0.2, 0) is 11.9 Å². The molecule has 1 unspecified atom stereocenters. The maximum Gasteiger partial charge on any atom is 0.408 e. The van der Waals surface area contributed by atoms with Crippen molar-refractivity contribution in [3.63, 3.8) is 0 Å². The van der Waals surface area contributed by atoms with E-state index in [1.807, 2.05) is 26.9 Å². The highest BCUT2D eigenvalue weighted by atomic mass is 19.4. The van der Waals surface area contributed by atoms with Crippen molar-refractivity contribution in [1.29, 1.82) is 0 Å². The van der Waals surface area contributed by atoms with Gasteiger partial charge >= 0.3 is 6.18 Å². The van der Waals surface area contributed by atoms with Gasteiger partial charge in [-0.1, -0.05) is 6.92 Å². The van der Waals surface area contributed by atoms with Gasteiger partial charge in [-0.15, -0.1) is 0 Å². The van der Waals surface area contributed by atoms with Crippen LogP contribution < -0.4 is 0 Å². The Hall–Kier alpha value is -1.79. The molecule has 2 heterocycles. The van der Waals surface area contributed by atoms with Gasteiger partial charge in [0.1, 0.15) is 14.4 Å². The quantitative estimate of drug-likeness (QED) is 0.793. The lowest BCUT2D eigenvalue weighted by Gasteiger charge is -2.22. The van der Waals surface area contributed by atoms with Crippen molar-refractivity contribution in [1.82, 2.24) is 14.8 Å². The third-order valence-electron chi connectivity index (χ3n) is 3.02. The topological polar surface area (TPSA) is 30.7 Å². The molecular weight excluding hydrogens is 254 g/mol. The number of alkyl halides is 3. The molecule has 0 aliphatic rings. The normalized spacial score (nSPS) is 15.2. The highest BCUT2D eigenvalue weighted by molar-refractivity contribution is 6.17. The molecule has 3 nitrogen and oxygen atoms in total. The van der Waals surface area contributed by atoms with Gasteiger partial charge < -0.3 is 0 Å². The lowest BCUT2D eigenvalue weighted by atomic mass is 9.64. The van der Waals surface area contributed by atoms with Crippen LogP contribution in [0, 0.1) is 0 Å². The van der Waals surface area contributed by atoms with E-state index in [-0.39, 0.29) is 0 Å². The minimum Gasteiger partial charge on any atom is -0.265 e. The van der Waals surface area contributed by atoms with Crippen LogP contribution in [0.15, 0.2) is 36.8 Å². The van der Waals surface area contributed by atoms with Gasteiger partial charge in [-0.25, -0.2) is 0 Å². The first kappa shape index (κ1) is 13.6. The number of aromatic nitrogens is 3. The molecule has 1 atom stereocenters. The smallest absolute Gasteiger partial charge is 0.265 e. The van der Waals surface area contributed by atoms with E-state index in [0.29, 0.717) is 5.69 Å². The molecule has 0 aliphatic carbocycles. The molecule has 7 heteroatoms. The summed E-state index contributed by atoms with van der Waals surface area (Å²) < 4.78 is 37.8. The highest BCUT2D eigenvalue weighted by Gasteiger charge is 2.30. The molecule has 0 fully saturated rings. The van der Waals surface area contributed by atoms with Crippen molar-refractivity contribution < 1.29 is 13.2 Å². The Labute approximate surface area is 109 Å². The van der Waals surface area contributed by atoms with Gasteiger partial charge in [0.25, 0.3) is 0 Å². The number of rotatable bonds is 3. The van der Waals surface area contributed by atoms with Crippen molar-refractivity contribution in [3.8, 4) is 0 Å². The molecule has 2 aromatic rings. The van der Waals surface area contributed by atoms with Crippen LogP contribution in [0.25, 0.3) is 0 Å². The second-order valence-electron chi connectivity index (χ2n) is 4.87.